The number of carbonyl (C=O) groups is 2. The molecule has 1 saturated heterocycles. The number of primary amides is 1. The number of amides is 2. The molecule has 1 aliphatic rings. The van der Waals surface area contributed by atoms with E-state index in [-0.39, 0.29) is 17.9 Å². The van der Waals surface area contributed by atoms with Crippen molar-refractivity contribution in [2.45, 2.75) is 18.9 Å². The Labute approximate surface area is 132 Å². The van der Waals surface area contributed by atoms with Crippen molar-refractivity contribution in [3.63, 3.8) is 0 Å². The Morgan fingerprint density at radius 2 is 2.05 bits per heavy atom. The first-order valence-corrected chi connectivity index (χ1v) is 7.69. The van der Waals surface area contributed by atoms with Gasteiger partial charge in [-0.3, -0.25) is 14.5 Å². The maximum atomic E-state index is 12.1. The summed E-state index contributed by atoms with van der Waals surface area (Å²) >= 11 is 2.19. The summed E-state index contributed by atoms with van der Waals surface area (Å²) in [7, 11) is 0. The lowest BCUT2D eigenvalue weighted by Gasteiger charge is -2.31. The molecule has 0 unspecified atom stereocenters. The molecule has 0 saturated carbocycles. The van der Waals surface area contributed by atoms with Crippen LogP contribution >= 0.6 is 22.6 Å². The van der Waals surface area contributed by atoms with E-state index in [0.717, 1.165) is 29.5 Å². The van der Waals surface area contributed by atoms with Gasteiger partial charge >= 0.3 is 0 Å². The lowest BCUT2D eigenvalue weighted by atomic mass is 10.0. The fourth-order valence-electron chi connectivity index (χ4n) is 2.35. The predicted molar refractivity (Wildman–Crippen MR) is 85.3 cm³/mol. The Bertz CT molecular complexity index is 499. The number of hydrogen-bond acceptors (Lipinski definition) is 3. The maximum absolute atomic E-state index is 12.1. The van der Waals surface area contributed by atoms with Gasteiger partial charge < -0.3 is 11.1 Å². The summed E-state index contributed by atoms with van der Waals surface area (Å²) in [5.74, 6) is -0.330. The molecule has 6 heteroatoms. The van der Waals surface area contributed by atoms with Crippen LogP contribution in [0.25, 0.3) is 0 Å². The highest BCUT2D eigenvalue weighted by Gasteiger charge is 2.21. The minimum absolute atomic E-state index is 0.0307. The second kappa shape index (κ2) is 7.03. The van der Waals surface area contributed by atoms with Crippen LogP contribution in [0.2, 0.25) is 0 Å². The average Bonchev–Trinajstić information content (AvgIpc) is 2.40. The van der Waals surface area contributed by atoms with Crippen LogP contribution < -0.4 is 11.1 Å². The molecule has 1 fully saturated rings. The second-order valence-electron chi connectivity index (χ2n) is 5.00. The first-order chi connectivity index (χ1) is 9.54. The summed E-state index contributed by atoms with van der Waals surface area (Å²) in [6.07, 6.45) is 1.70. The number of nitrogens with one attached hydrogen (secondary N) is 1. The van der Waals surface area contributed by atoms with Crippen LogP contribution in [0.5, 0.6) is 0 Å². The molecule has 0 bridgehead atoms. The van der Waals surface area contributed by atoms with Crippen LogP contribution in [0.15, 0.2) is 24.3 Å². The van der Waals surface area contributed by atoms with Crippen molar-refractivity contribution in [3.05, 3.63) is 33.4 Å². The van der Waals surface area contributed by atoms with E-state index in [1.165, 1.54) is 0 Å². The number of likely N-dealkylation sites (tertiary alicyclic amines) is 1. The monoisotopic (exact) mass is 387 g/mol. The quantitative estimate of drug-likeness (QED) is 0.757. The summed E-state index contributed by atoms with van der Waals surface area (Å²) < 4.78 is 1.05. The fraction of sp³-hybridized carbons (Fsp3) is 0.429. The van der Waals surface area contributed by atoms with Crippen molar-refractivity contribution in [1.82, 2.24) is 10.2 Å². The summed E-state index contributed by atoms with van der Waals surface area (Å²) in [6.45, 7) is 1.89. The van der Waals surface area contributed by atoms with Crippen molar-refractivity contribution in [1.29, 1.82) is 0 Å². The molecule has 3 N–H and O–H groups in total. The van der Waals surface area contributed by atoms with Crippen LogP contribution in [0.3, 0.4) is 0 Å². The third-order valence-corrected chi connectivity index (χ3v) is 4.06. The van der Waals surface area contributed by atoms with E-state index in [0.29, 0.717) is 12.1 Å². The summed E-state index contributed by atoms with van der Waals surface area (Å²) in [5, 5.41) is 3.05. The Hall–Kier alpha value is -1.15. The number of piperidine rings is 1. The molecule has 0 atom stereocenters. The van der Waals surface area contributed by atoms with Gasteiger partial charge in [0.15, 0.2) is 0 Å². The molecule has 2 rings (SSSR count). The molecule has 20 heavy (non-hydrogen) atoms. The molecule has 1 aliphatic heterocycles. The Morgan fingerprint density at radius 3 is 2.65 bits per heavy atom. The molecular weight excluding hydrogens is 369 g/mol. The van der Waals surface area contributed by atoms with Crippen LogP contribution in [-0.4, -0.2) is 42.4 Å². The van der Waals surface area contributed by atoms with Gasteiger partial charge in [0.1, 0.15) is 0 Å². The Balaban J connectivity index is 1.83. The van der Waals surface area contributed by atoms with Gasteiger partial charge in [-0.1, -0.05) is 6.07 Å². The molecule has 0 aromatic heterocycles. The van der Waals surface area contributed by atoms with E-state index < -0.39 is 0 Å². The number of nitrogens with zero attached hydrogens (tertiary/aromatic N) is 1. The zero-order chi connectivity index (χ0) is 14.5. The molecule has 1 aromatic rings. The number of rotatable bonds is 4. The highest BCUT2D eigenvalue weighted by atomic mass is 127. The lowest BCUT2D eigenvalue weighted by Crippen LogP contribution is -2.46. The molecule has 0 aliphatic carbocycles. The number of halogens is 1. The maximum Gasteiger partial charge on any atom is 0.251 e. The largest absolute Gasteiger partial charge is 0.369 e. The van der Waals surface area contributed by atoms with Crippen molar-refractivity contribution < 1.29 is 9.59 Å². The van der Waals surface area contributed by atoms with Crippen LogP contribution in [0.1, 0.15) is 23.2 Å². The fourth-order valence-corrected chi connectivity index (χ4v) is 2.90. The molecule has 108 valence electrons. The highest BCUT2D eigenvalue weighted by Crippen LogP contribution is 2.12. The number of nitrogens with two attached hydrogens (primary N) is 1. The van der Waals surface area contributed by atoms with Crippen molar-refractivity contribution >= 4 is 34.4 Å². The zero-order valence-corrected chi connectivity index (χ0v) is 13.3. The molecule has 0 radical (unpaired) electrons. The molecule has 1 heterocycles. The van der Waals surface area contributed by atoms with E-state index in [1.807, 2.05) is 29.2 Å². The Morgan fingerprint density at radius 1 is 1.35 bits per heavy atom. The summed E-state index contributed by atoms with van der Waals surface area (Å²) in [5.41, 5.74) is 5.87. The SMILES string of the molecule is NC(=O)CN1CCC(NC(=O)c2cccc(I)c2)CC1. The smallest absolute Gasteiger partial charge is 0.251 e. The summed E-state index contributed by atoms with van der Waals surface area (Å²) in [4.78, 5) is 25.0. The van der Waals surface area contributed by atoms with Gasteiger partial charge in [-0.15, -0.1) is 0 Å². The van der Waals surface area contributed by atoms with E-state index in [2.05, 4.69) is 27.9 Å². The van der Waals surface area contributed by atoms with Crippen molar-refractivity contribution in [2.24, 2.45) is 5.73 Å². The first kappa shape index (κ1) is 15.2. The zero-order valence-electron chi connectivity index (χ0n) is 11.1. The van der Waals surface area contributed by atoms with Gasteiger partial charge in [0, 0.05) is 28.3 Å². The van der Waals surface area contributed by atoms with Gasteiger partial charge in [0.2, 0.25) is 5.91 Å². The van der Waals surface area contributed by atoms with Crippen LogP contribution in [0.4, 0.5) is 0 Å². The van der Waals surface area contributed by atoms with E-state index in [1.54, 1.807) is 0 Å². The Kier molecular flexibility index (Phi) is 5.36. The van der Waals surface area contributed by atoms with Gasteiger partial charge in [0.25, 0.3) is 5.91 Å². The third kappa shape index (κ3) is 4.45. The highest BCUT2D eigenvalue weighted by molar-refractivity contribution is 14.1. The predicted octanol–water partition coefficient (Wildman–Crippen LogP) is 0.971. The minimum Gasteiger partial charge on any atom is -0.369 e. The molecule has 5 nitrogen and oxygen atoms in total. The van der Waals surface area contributed by atoms with Gasteiger partial charge in [-0.2, -0.15) is 0 Å². The van der Waals surface area contributed by atoms with E-state index in [4.69, 9.17) is 5.73 Å². The first-order valence-electron chi connectivity index (χ1n) is 6.61. The van der Waals surface area contributed by atoms with Gasteiger partial charge in [-0.25, -0.2) is 0 Å². The molecule has 0 spiro atoms. The number of benzene rings is 1. The lowest BCUT2D eigenvalue weighted by molar-refractivity contribution is -0.119. The molecule has 2 amide bonds. The van der Waals surface area contributed by atoms with Gasteiger partial charge in [0.05, 0.1) is 6.54 Å². The molecule has 1 aromatic carbocycles. The van der Waals surface area contributed by atoms with Crippen LogP contribution in [0, 0.1) is 3.57 Å². The van der Waals surface area contributed by atoms with Crippen molar-refractivity contribution in [2.75, 3.05) is 19.6 Å². The number of carbonyl (C=O) groups excluding carboxylic acids is 2. The standard InChI is InChI=1S/C14H18IN3O2/c15-11-3-1-2-10(8-11)14(20)17-12-4-6-18(7-5-12)9-13(16)19/h1-3,8,12H,4-7,9H2,(H2,16,19)(H,17,20). The average molecular weight is 387 g/mol. The van der Waals surface area contributed by atoms with E-state index >= 15 is 0 Å². The third-order valence-electron chi connectivity index (χ3n) is 3.39. The normalized spacial score (nSPS) is 16.9. The van der Waals surface area contributed by atoms with E-state index in [9.17, 15) is 9.59 Å². The minimum atomic E-state index is -0.300. The second-order valence-corrected chi connectivity index (χ2v) is 6.25. The topological polar surface area (TPSA) is 75.4 Å². The molecular formula is C14H18IN3O2. The summed E-state index contributed by atoms with van der Waals surface area (Å²) in [6, 6.07) is 7.70. The van der Waals surface area contributed by atoms with Crippen LogP contribution in [-0.2, 0) is 4.79 Å². The van der Waals surface area contributed by atoms with Gasteiger partial charge in [-0.05, 0) is 53.6 Å². The number of hydrogen-bond donors (Lipinski definition) is 2. The van der Waals surface area contributed by atoms with Crippen molar-refractivity contribution in [3.8, 4) is 0 Å².